The average Bonchev–Trinajstić information content (AvgIpc) is 2.92. The molecule has 6 nitrogen and oxygen atoms in total. The highest BCUT2D eigenvalue weighted by Crippen LogP contribution is 2.25. The fraction of sp³-hybridized carbons (Fsp3) is 0. The molecule has 0 spiro atoms. The highest BCUT2D eigenvalue weighted by molar-refractivity contribution is 6.05. The number of benzene rings is 4. The van der Waals surface area contributed by atoms with Crippen molar-refractivity contribution < 1.29 is 13.6 Å². The summed E-state index contributed by atoms with van der Waals surface area (Å²) in [5.41, 5.74) is 2.97. The summed E-state index contributed by atoms with van der Waals surface area (Å²) in [5, 5.41) is 4.48. The van der Waals surface area contributed by atoms with E-state index >= 15 is 0 Å². The molecule has 4 aromatic carbocycles. The Balaban J connectivity index is 1.30. The molecule has 0 radical (unpaired) electrons. The van der Waals surface area contributed by atoms with Gasteiger partial charge in [-0.25, -0.2) is 9.59 Å². The van der Waals surface area contributed by atoms with E-state index in [1.165, 1.54) is 0 Å². The molecule has 0 saturated heterocycles. The second kappa shape index (κ2) is 9.09. The Morgan fingerprint density at radius 3 is 1.73 bits per heavy atom. The Morgan fingerprint density at radius 2 is 1.11 bits per heavy atom. The molecule has 0 unspecified atom stereocenters. The van der Waals surface area contributed by atoms with E-state index in [0.717, 1.165) is 10.8 Å². The van der Waals surface area contributed by atoms with Crippen LogP contribution >= 0.6 is 0 Å². The number of amides is 1. The van der Waals surface area contributed by atoms with E-state index in [4.69, 9.17) is 8.83 Å². The predicted molar refractivity (Wildman–Crippen MR) is 144 cm³/mol. The van der Waals surface area contributed by atoms with Gasteiger partial charge in [0.1, 0.15) is 11.2 Å². The Kier molecular flexibility index (Phi) is 5.47. The van der Waals surface area contributed by atoms with Gasteiger partial charge in [0.25, 0.3) is 5.91 Å². The van der Waals surface area contributed by atoms with Crippen LogP contribution in [0.4, 0.5) is 5.69 Å². The lowest BCUT2D eigenvalue weighted by Gasteiger charge is -2.09. The summed E-state index contributed by atoms with van der Waals surface area (Å²) >= 11 is 0. The van der Waals surface area contributed by atoms with E-state index in [1.54, 1.807) is 78.9 Å². The van der Waals surface area contributed by atoms with Crippen LogP contribution in [0.25, 0.3) is 44.2 Å². The van der Waals surface area contributed by atoms with E-state index in [0.29, 0.717) is 44.7 Å². The smallest absolute Gasteiger partial charge is 0.344 e. The Bertz CT molecular complexity index is 1930. The maximum Gasteiger partial charge on any atom is 0.344 e. The minimum Gasteiger partial charge on any atom is -0.422 e. The zero-order chi connectivity index (χ0) is 25.4. The third-order valence-electron chi connectivity index (χ3n) is 6.15. The largest absolute Gasteiger partial charge is 0.422 e. The topological polar surface area (TPSA) is 89.5 Å². The van der Waals surface area contributed by atoms with Gasteiger partial charge in [-0.05, 0) is 59.7 Å². The lowest BCUT2D eigenvalue weighted by Crippen LogP contribution is -2.12. The van der Waals surface area contributed by atoms with Crippen LogP contribution in [0, 0.1) is 0 Å². The van der Waals surface area contributed by atoms with Crippen molar-refractivity contribution >= 4 is 33.5 Å². The molecule has 1 amide bonds. The van der Waals surface area contributed by atoms with E-state index in [9.17, 15) is 14.4 Å². The molecule has 0 saturated carbocycles. The van der Waals surface area contributed by atoms with Crippen LogP contribution in [0.5, 0.6) is 0 Å². The number of carbonyl (C=O) groups excluding carboxylic acids is 1. The maximum absolute atomic E-state index is 13.1. The van der Waals surface area contributed by atoms with Crippen LogP contribution in [-0.4, -0.2) is 5.91 Å². The number of carbonyl (C=O) groups is 1. The molecule has 6 heteroatoms. The summed E-state index contributed by atoms with van der Waals surface area (Å²) in [4.78, 5) is 38.3. The van der Waals surface area contributed by atoms with Crippen LogP contribution in [0.3, 0.4) is 0 Å². The zero-order valence-corrected chi connectivity index (χ0v) is 19.4. The molecule has 2 heterocycles. The number of rotatable bonds is 4. The number of para-hydroxylation sites is 2. The van der Waals surface area contributed by atoms with Crippen molar-refractivity contribution in [1.82, 2.24) is 0 Å². The average molecular weight is 485 g/mol. The van der Waals surface area contributed by atoms with Crippen LogP contribution in [0.2, 0.25) is 0 Å². The van der Waals surface area contributed by atoms with Crippen molar-refractivity contribution in [2.45, 2.75) is 0 Å². The van der Waals surface area contributed by atoms with Gasteiger partial charge in [0.15, 0.2) is 0 Å². The molecule has 37 heavy (non-hydrogen) atoms. The maximum atomic E-state index is 13.1. The molecule has 2 aromatic heterocycles. The third kappa shape index (κ3) is 4.32. The zero-order valence-electron chi connectivity index (χ0n) is 19.4. The molecule has 6 rings (SSSR count). The van der Waals surface area contributed by atoms with Gasteiger partial charge in [-0.1, -0.05) is 60.7 Å². The van der Waals surface area contributed by atoms with Crippen LogP contribution < -0.4 is 16.6 Å². The van der Waals surface area contributed by atoms with Crippen LogP contribution in [0.1, 0.15) is 10.4 Å². The van der Waals surface area contributed by atoms with Gasteiger partial charge in [-0.3, -0.25) is 4.79 Å². The fourth-order valence-electron chi connectivity index (χ4n) is 4.32. The van der Waals surface area contributed by atoms with Gasteiger partial charge in [0.2, 0.25) is 0 Å². The number of hydrogen-bond donors (Lipinski definition) is 1. The first-order valence-corrected chi connectivity index (χ1v) is 11.6. The standard InChI is InChI=1S/C31H19NO5/c33-29(23-11-5-9-19(15-23)25-17-21-7-1-3-13-27(21)36-30(25)34)32-24-12-6-10-20(16-24)26-18-22-8-2-4-14-28(22)37-31(26)35/h1-18H,(H,32,33). The minimum absolute atomic E-state index is 0.352. The lowest BCUT2D eigenvalue weighted by molar-refractivity contribution is 0.102. The molecule has 0 aliphatic heterocycles. The summed E-state index contributed by atoms with van der Waals surface area (Å²) in [6.07, 6.45) is 0. The molecule has 0 bridgehead atoms. The Morgan fingerprint density at radius 1 is 0.568 bits per heavy atom. The summed E-state index contributed by atoms with van der Waals surface area (Å²) in [6.45, 7) is 0. The van der Waals surface area contributed by atoms with Crippen molar-refractivity contribution in [3.8, 4) is 22.3 Å². The van der Waals surface area contributed by atoms with Crippen molar-refractivity contribution in [3.63, 3.8) is 0 Å². The van der Waals surface area contributed by atoms with E-state index in [2.05, 4.69) is 5.32 Å². The summed E-state index contributed by atoms with van der Waals surface area (Å²) in [7, 11) is 0. The number of anilines is 1. The van der Waals surface area contributed by atoms with Gasteiger partial charge < -0.3 is 14.2 Å². The first-order valence-electron chi connectivity index (χ1n) is 11.6. The number of nitrogens with one attached hydrogen (secondary N) is 1. The normalized spacial score (nSPS) is 11.0. The summed E-state index contributed by atoms with van der Waals surface area (Å²) < 4.78 is 10.9. The van der Waals surface area contributed by atoms with Gasteiger partial charge >= 0.3 is 11.3 Å². The Hall–Kier alpha value is -5.23. The molecule has 6 aromatic rings. The monoisotopic (exact) mass is 485 g/mol. The second-order valence-electron chi connectivity index (χ2n) is 8.59. The molecule has 0 aliphatic rings. The molecule has 1 N–H and O–H groups in total. The quantitative estimate of drug-likeness (QED) is 0.289. The summed E-state index contributed by atoms with van der Waals surface area (Å²) in [6, 6.07) is 31.9. The minimum atomic E-state index is -0.474. The van der Waals surface area contributed by atoms with Crippen LogP contribution in [0.15, 0.2) is 128 Å². The molecule has 178 valence electrons. The second-order valence-corrected chi connectivity index (χ2v) is 8.59. The van der Waals surface area contributed by atoms with Crippen LogP contribution in [-0.2, 0) is 0 Å². The van der Waals surface area contributed by atoms with Crippen molar-refractivity contribution in [1.29, 1.82) is 0 Å². The van der Waals surface area contributed by atoms with E-state index < -0.39 is 11.3 Å². The SMILES string of the molecule is O=C(Nc1cccc(-c2cc3ccccc3oc2=O)c1)c1cccc(-c2cc3ccccc3oc2=O)c1. The molecule has 0 atom stereocenters. The van der Waals surface area contributed by atoms with E-state index in [1.807, 2.05) is 30.3 Å². The van der Waals surface area contributed by atoms with Crippen molar-refractivity contribution in [3.05, 3.63) is 136 Å². The van der Waals surface area contributed by atoms with Crippen molar-refractivity contribution in [2.24, 2.45) is 0 Å². The first-order chi connectivity index (χ1) is 18.0. The van der Waals surface area contributed by atoms with Gasteiger partial charge in [0.05, 0.1) is 11.1 Å². The highest BCUT2D eigenvalue weighted by Gasteiger charge is 2.13. The first kappa shape index (κ1) is 22.2. The van der Waals surface area contributed by atoms with Gasteiger partial charge in [-0.2, -0.15) is 0 Å². The summed E-state index contributed by atoms with van der Waals surface area (Å²) in [5.74, 6) is -0.352. The van der Waals surface area contributed by atoms with E-state index in [-0.39, 0.29) is 5.91 Å². The third-order valence-corrected chi connectivity index (χ3v) is 6.15. The fourth-order valence-corrected chi connectivity index (χ4v) is 4.32. The lowest BCUT2D eigenvalue weighted by atomic mass is 10.0. The Labute approximate surface area is 210 Å². The molecule has 0 fully saturated rings. The number of fused-ring (bicyclic) bond motifs is 2. The molecule has 0 aliphatic carbocycles. The van der Waals surface area contributed by atoms with Crippen molar-refractivity contribution in [2.75, 3.05) is 5.32 Å². The predicted octanol–water partition coefficient (Wildman–Crippen LogP) is 6.49. The highest BCUT2D eigenvalue weighted by atomic mass is 16.4. The van der Waals surface area contributed by atoms with Gasteiger partial charge in [0, 0.05) is 22.0 Å². The molecular weight excluding hydrogens is 466 g/mol. The number of hydrogen-bond acceptors (Lipinski definition) is 5. The molecular formula is C31H19NO5. The van der Waals surface area contributed by atoms with Gasteiger partial charge in [-0.15, -0.1) is 0 Å².